The Bertz CT molecular complexity index is 601. The van der Waals surface area contributed by atoms with Crippen LogP contribution >= 0.6 is 15.9 Å². The topological polar surface area (TPSA) is 34.9 Å². The third-order valence-corrected chi connectivity index (χ3v) is 3.84. The van der Waals surface area contributed by atoms with Crippen molar-refractivity contribution in [2.75, 3.05) is 0 Å². The second-order valence-corrected chi connectivity index (χ2v) is 5.75. The van der Waals surface area contributed by atoms with Crippen molar-refractivity contribution in [1.29, 1.82) is 0 Å². The number of hydrogen-bond donors (Lipinski definition) is 0. The fraction of sp³-hybridized carbons (Fsp3) is 0.286. The van der Waals surface area contributed by atoms with Gasteiger partial charge in [-0.25, -0.2) is 4.68 Å². The molecule has 92 valence electrons. The fourth-order valence-corrected chi connectivity index (χ4v) is 2.70. The van der Waals surface area contributed by atoms with Crippen molar-refractivity contribution in [3.63, 3.8) is 0 Å². The number of halogens is 1. The van der Waals surface area contributed by atoms with Gasteiger partial charge in [-0.3, -0.25) is 4.79 Å². The Hall–Kier alpha value is -1.42. The maximum absolute atomic E-state index is 11.9. The molecule has 2 aromatic rings. The van der Waals surface area contributed by atoms with Crippen LogP contribution in [0.3, 0.4) is 0 Å². The number of hydrogen-bond acceptors (Lipinski definition) is 2. The second kappa shape index (κ2) is 4.35. The van der Waals surface area contributed by atoms with E-state index in [1.54, 1.807) is 6.20 Å². The summed E-state index contributed by atoms with van der Waals surface area (Å²) in [6.07, 6.45) is 3.25. The molecule has 0 radical (unpaired) electrons. The van der Waals surface area contributed by atoms with Crippen LogP contribution < -0.4 is 0 Å². The van der Waals surface area contributed by atoms with Gasteiger partial charge in [0.2, 0.25) is 0 Å². The molecule has 0 amide bonds. The molecule has 0 saturated heterocycles. The smallest absolute Gasteiger partial charge is 0.166 e. The van der Waals surface area contributed by atoms with E-state index in [-0.39, 0.29) is 5.78 Å². The van der Waals surface area contributed by atoms with Gasteiger partial charge in [0.15, 0.2) is 5.78 Å². The number of ketones is 1. The SMILES string of the molecule is CC1CC(=O)c2cnn(-c3ccc(Br)cc3)c2C1. The first kappa shape index (κ1) is 11.7. The normalized spacial score (nSPS) is 18.8. The molecule has 3 rings (SSSR count). The number of carbonyl (C=O) groups excluding carboxylic acids is 1. The van der Waals surface area contributed by atoms with E-state index in [1.165, 1.54) is 0 Å². The molecule has 4 heteroatoms. The molecular weight excluding hydrogens is 292 g/mol. The maximum Gasteiger partial charge on any atom is 0.166 e. The number of Topliss-reactive ketones (excluding diaryl/α,β-unsaturated/α-hetero) is 1. The van der Waals surface area contributed by atoms with Crippen LogP contribution in [0.1, 0.15) is 29.4 Å². The quantitative estimate of drug-likeness (QED) is 0.809. The number of aromatic nitrogens is 2. The van der Waals surface area contributed by atoms with Crippen LogP contribution in [0.25, 0.3) is 5.69 Å². The molecule has 1 aliphatic carbocycles. The highest BCUT2D eigenvalue weighted by Crippen LogP contribution is 2.27. The van der Waals surface area contributed by atoms with E-state index in [0.717, 1.165) is 27.8 Å². The van der Waals surface area contributed by atoms with Crippen LogP contribution in [-0.4, -0.2) is 15.6 Å². The molecule has 0 bridgehead atoms. The van der Waals surface area contributed by atoms with E-state index in [0.29, 0.717) is 12.3 Å². The van der Waals surface area contributed by atoms with Gasteiger partial charge >= 0.3 is 0 Å². The molecule has 1 aromatic carbocycles. The van der Waals surface area contributed by atoms with Gasteiger partial charge in [0.25, 0.3) is 0 Å². The first-order valence-corrected chi connectivity index (χ1v) is 6.80. The van der Waals surface area contributed by atoms with E-state index in [4.69, 9.17) is 0 Å². The third-order valence-electron chi connectivity index (χ3n) is 3.32. The van der Waals surface area contributed by atoms with Crippen molar-refractivity contribution in [2.45, 2.75) is 19.8 Å². The zero-order valence-electron chi connectivity index (χ0n) is 10.1. The molecule has 1 unspecified atom stereocenters. The summed E-state index contributed by atoms with van der Waals surface area (Å²) < 4.78 is 2.92. The summed E-state index contributed by atoms with van der Waals surface area (Å²) in [5.41, 5.74) is 2.83. The predicted molar refractivity (Wildman–Crippen MR) is 73.1 cm³/mol. The van der Waals surface area contributed by atoms with Gasteiger partial charge in [-0.1, -0.05) is 22.9 Å². The molecule has 18 heavy (non-hydrogen) atoms. The summed E-state index contributed by atoms with van der Waals surface area (Å²) >= 11 is 3.42. The minimum absolute atomic E-state index is 0.215. The van der Waals surface area contributed by atoms with Crippen LogP contribution in [0.15, 0.2) is 34.9 Å². The highest BCUT2D eigenvalue weighted by atomic mass is 79.9. The average molecular weight is 305 g/mol. The predicted octanol–water partition coefficient (Wildman–Crippen LogP) is 3.40. The lowest BCUT2D eigenvalue weighted by Gasteiger charge is -2.18. The van der Waals surface area contributed by atoms with Crippen molar-refractivity contribution in [1.82, 2.24) is 9.78 Å². The van der Waals surface area contributed by atoms with Gasteiger partial charge in [0, 0.05) is 10.9 Å². The third kappa shape index (κ3) is 1.90. The van der Waals surface area contributed by atoms with Crippen molar-refractivity contribution < 1.29 is 4.79 Å². The number of carbonyl (C=O) groups is 1. The van der Waals surface area contributed by atoms with Gasteiger partial charge in [-0.2, -0.15) is 5.10 Å². The zero-order chi connectivity index (χ0) is 12.7. The molecular formula is C14H13BrN2O. The molecule has 1 aromatic heterocycles. The maximum atomic E-state index is 11.9. The van der Waals surface area contributed by atoms with E-state index in [2.05, 4.69) is 28.0 Å². The monoisotopic (exact) mass is 304 g/mol. The van der Waals surface area contributed by atoms with Gasteiger partial charge < -0.3 is 0 Å². The molecule has 1 atom stereocenters. The molecule has 1 heterocycles. The first-order valence-electron chi connectivity index (χ1n) is 6.01. The Balaban J connectivity index is 2.09. The Morgan fingerprint density at radius 1 is 1.28 bits per heavy atom. The Morgan fingerprint density at radius 2 is 2.00 bits per heavy atom. The molecule has 0 N–H and O–H groups in total. The van der Waals surface area contributed by atoms with Gasteiger partial charge in [0.1, 0.15) is 0 Å². The van der Waals surface area contributed by atoms with E-state index >= 15 is 0 Å². The van der Waals surface area contributed by atoms with Gasteiger partial charge in [0.05, 0.1) is 23.1 Å². The average Bonchev–Trinajstić information content (AvgIpc) is 2.74. The lowest BCUT2D eigenvalue weighted by atomic mass is 9.88. The lowest BCUT2D eigenvalue weighted by Crippen LogP contribution is -2.19. The lowest BCUT2D eigenvalue weighted by molar-refractivity contribution is 0.0953. The fourth-order valence-electron chi connectivity index (χ4n) is 2.44. The summed E-state index contributed by atoms with van der Waals surface area (Å²) in [4.78, 5) is 11.9. The van der Waals surface area contributed by atoms with Gasteiger partial charge in [-0.05, 0) is 36.6 Å². The van der Waals surface area contributed by atoms with Crippen molar-refractivity contribution in [3.05, 3.63) is 46.2 Å². The molecule has 0 aliphatic heterocycles. The van der Waals surface area contributed by atoms with Crippen molar-refractivity contribution in [2.24, 2.45) is 5.92 Å². The van der Waals surface area contributed by atoms with Gasteiger partial charge in [-0.15, -0.1) is 0 Å². The summed E-state index contributed by atoms with van der Waals surface area (Å²) in [5.74, 6) is 0.614. The molecule has 1 aliphatic rings. The highest BCUT2D eigenvalue weighted by Gasteiger charge is 2.26. The molecule has 3 nitrogen and oxygen atoms in total. The van der Waals surface area contributed by atoms with E-state index in [9.17, 15) is 4.79 Å². The Kier molecular flexibility index (Phi) is 2.82. The minimum Gasteiger partial charge on any atom is -0.294 e. The zero-order valence-corrected chi connectivity index (χ0v) is 11.6. The standard InChI is InChI=1S/C14H13BrN2O/c1-9-6-13-12(14(18)7-9)8-16-17(13)11-4-2-10(15)3-5-11/h2-5,8-9H,6-7H2,1H3. The van der Waals surface area contributed by atoms with Crippen molar-refractivity contribution >= 4 is 21.7 Å². The van der Waals surface area contributed by atoms with Crippen LogP contribution in [0.2, 0.25) is 0 Å². The number of benzene rings is 1. The Labute approximate surface area is 114 Å². The molecule has 0 spiro atoms. The van der Waals surface area contributed by atoms with Crippen LogP contribution in [-0.2, 0) is 6.42 Å². The van der Waals surface area contributed by atoms with E-state index < -0.39 is 0 Å². The second-order valence-electron chi connectivity index (χ2n) is 4.83. The Morgan fingerprint density at radius 3 is 2.72 bits per heavy atom. The van der Waals surface area contributed by atoms with E-state index in [1.807, 2.05) is 28.9 Å². The first-order chi connectivity index (χ1) is 8.65. The molecule has 0 saturated carbocycles. The molecule has 0 fully saturated rings. The summed E-state index contributed by atoms with van der Waals surface area (Å²) in [5, 5.41) is 4.36. The summed E-state index contributed by atoms with van der Waals surface area (Å²) in [6, 6.07) is 7.97. The van der Waals surface area contributed by atoms with Crippen molar-refractivity contribution in [3.8, 4) is 5.69 Å². The minimum atomic E-state index is 0.215. The van der Waals surface area contributed by atoms with Crippen LogP contribution in [0, 0.1) is 5.92 Å². The number of rotatable bonds is 1. The number of fused-ring (bicyclic) bond motifs is 1. The van der Waals surface area contributed by atoms with Crippen LogP contribution in [0.5, 0.6) is 0 Å². The summed E-state index contributed by atoms with van der Waals surface area (Å²) in [6.45, 7) is 2.11. The number of nitrogens with zero attached hydrogens (tertiary/aromatic N) is 2. The van der Waals surface area contributed by atoms with Crippen LogP contribution in [0.4, 0.5) is 0 Å². The highest BCUT2D eigenvalue weighted by molar-refractivity contribution is 9.10. The summed E-state index contributed by atoms with van der Waals surface area (Å²) in [7, 11) is 0. The largest absolute Gasteiger partial charge is 0.294 e.